The van der Waals surface area contributed by atoms with E-state index in [0.29, 0.717) is 5.41 Å². The van der Waals surface area contributed by atoms with Crippen molar-refractivity contribution in [3.8, 4) is 0 Å². The van der Waals surface area contributed by atoms with Crippen molar-refractivity contribution in [3.05, 3.63) is 42.5 Å². The van der Waals surface area contributed by atoms with Crippen LogP contribution in [-0.4, -0.2) is 0 Å². The van der Waals surface area contributed by atoms with Crippen molar-refractivity contribution in [2.24, 2.45) is 11.3 Å². The molecule has 15 heavy (non-hydrogen) atoms. The Morgan fingerprint density at radius 3 is 2.73 bits per heavy atom. The predicted octanol–water partition coefficient (Wildman–Crippen LogP) is 4.28. The molecule has 2 unspecified atom stereocenters. The van der Waals surface area contributed by atoms with E-state index in [1.807, 2.05) is 0 Å². The lowest BCUT2D eigenvalue weighted by Gasteiger charge is -2.24. The molecule has 0 aromatic heterocycles. The molecule has 0 heterocycles. The lowest BCUT2D eigenvalue weighted by atomic mass is 9.80. The highest BCUT2D eigenvalue weighted by Crippen LogP contribution is 2.67. The summed E-state index contributed by atoms with van der Waals surface area (Å²) < 4.78 is 0. The van der Waals surface area contributed by atoms with Crippen LogP contribution in [0.3, 0.4) is 0 Å². The third-order valence-electron chi connectivity index (χ3n) is 4.38. The summed E-state index contributed by atoms with van der Waals surface area (Å²) >= 11 is 0. The minimum absolute atomic E-state index is 0.513. The zero-order valence-electron chi connectivity index (χ0n) is 9.21. The van der Waals surface area contributed by atoms with E-state index in [1.54, 1.807) is 0 Å². The molecule has 0 bridgehead atoms. The van der Waals surface area contributed by atoms with Gasteiger partial charge in [-0.1, -0.05) is 49.8 Å². The Morgan fingerprint density at radius 1 is 1.20 bits per heavy atom. The van der Waals surface area contributed by atoms with Crippen LogP contribution >= 0.6 is 0 Å². The Kier molecular flexibility index (Phi) is 1.98. The normalized spacial score (nSPS) is 33.2. The first-order valence-corrected chi connectivity index (χ1v) is 6.08. The van der Waals surface area contributed by atoms with Crippen LogP contribution in [0.5, 0.6) is 0 Å². The summed E-state index contributed by atoms with van der Waals surface area (Å²) in [5.41, 5.74) is 3.29. The number of benzene rings is 1. The topological polar surface area (TPSA) is 0 Å². The van der Waals surface area contributed by atoms with Crippen molar-refractivity contribution in [3.63, 3.8) is 0 Å². The fourth-order valence-electron chi connectivity index (χ4n) is 3.34. The van der Waals surface area contributed by atoms with Gasteiger partial charge in [-0.25, -0.2) is 0 Å². The first-order chi connectivity index (χ1) is 7.33. The van der Waals surface area contributed by atoms with Gasteiger partial charge in [-0.05, 0) is 41.7 Å². The summed E-state index contributed by atoms with van der Waals surface area (Å²) in [5.74, 6) is 0.957. The van der Waals surface area contributed by atoms with Gasteiger partial charge in [-0.3, -0.25) is 0 Å². The van der Waals surface area contributed by atoms with Crippen LogP contribution in [0.15, 0.2) is 36.9 Å². The van der Waals surface area contributed by atoms with Gasteiger partial charge >= 0.3 is 0 Å². The molecule has 2 atom stereocenters. The Morgan fingerprint density at radius 2 is 2.00 bits per heavy atom. The van der Waals surface area contributed by atoms with Crippen LogP contribution in [0, 0.1) is 11.3 Å². The van der Waals surface area contributed by atoms with E-state index in [4.69, 9.17) is 0 Å². The summed E-state index contributed by atoms with van der Waals surface area (Å²) in [7, 11) is 0. The molecule has 0 amide bonds. The monoisotopic (exact) mass is 198 g/mol. The van der Waals surface area contributed by atoms with Crippen LogP contribution < -0.4 is 0 Å². The van der Waals surface area contributed by atoms with Crippen molar-refractivity contribution < 1.29 is 0 Å². The van der Waals surface area contributed by atoms with Crippen molar-refractivity contribution in [1.29, 1.82) is 0 Å². The van der Waals surface area contributed by atoms with Crippen LogP contribution in [0.4, 0.5) is 0 Å². The van der Waals surface area contributed by atoms with Gasteiger partial charge in [0.05, 0.1) is 0 Å². The standard InChI is InChI=1S/C15H18/c1-12(13-7-3-2-4-8-13)15-10-6-5-9-14(15)11-15/h2-4,7-8,14H,1,5-6,9-11H2. The van der Waals surface area contributed by atoms with Gasteiger partial charge < -0.3 is 0 Å². The van der Waals surface area contributed by atoms with Gasteiger partial charge in [0, 0.05) is 0 Å². The molecule has 0 saturated heterocycles. The van der Waals surface area contributed by atoms with Gasteiger partial charge in [-0.2, -0.15) is 0 Å². The average Bonchev–Trinajstić information content (AvgIpc) is 3.05. The van der Waals surface area contributed by atoms with E-state index in [-0.39, 0.29) is 0 Å². The van der Waals surface area contributed by atoms with Crippen molar-refractivity contribution in [2.75, 3.05) is 0 Å². The molecule has 2 fully saturated rings. The minimum Gasteiger partial charge on any atom is -0.0947 e. The Bertz CT molecular complexity index is 376. The molecular weight excluding hydrogens is 180 g/mol. The summed E-state index contributed by atoms with van der Waals surface area (Å²) in [6.45, 7) is 4.36. The molecule has 0 radical (unpaired) electrons. The maximum atomic E-state index is 4.36. The van der Waals surface area contributed by atoms with E-state index in [0.717, 1.165) is 5.92 Å². The SMILES string of the molecule is C=C(c1ccccc1)C12CCCCC1C2. The van der Waals surface area contributed by atoms with Gasteiger partial charge in [0.15, 0.2) is 0 Å². The molecule has 1 aromatic rings. The number of hydrogen-bond acceptors (Lipinski definition) is 0. The van der Waals surface area contributed by atoms with Gasteiger partial charge in [0.2, 0.25) is 0 Å². The zero-order valence-corrected chi connectivity index (χ0v) is 9.21. The van der Waals surface area contributed by atoms with Crippen LogP contribution in [-0.2, 0) is 0 Å². The van der Waals surface area contributed by atoms with Crippen LogP contribution in [0.1, 0.15) is 37.7 Å². The number of hydrogen-bond donors (Lipinski definition) is 0. The second-order valence-corrected chi connectivity index (χ2v) is 5.15. The smallest absolute Gasteiger partial charge is 0.00154 e. The molecule has 0 heteroatoms. The molecule has 1 aromatic carbocycles. The lowest BCUT2D eigenvalue weighted by Crippen LogP contribution is -2.10. The second-order valence-electron chi connectivity index (χ2n) is 5.15. The number of fused-ring (bicyclic) bond motifs is 1. The molecular formula is C15H18. The molecule has 0 aliphatic heterocycles. The molecule has 0 spiro atoms. The first-order valence-electron chi connectivity index (χ1n) is 6.08. The van der Waals surface area contributed by atoms with Gasteiger partial charge in [0.1, 0.15) is 0 Å². The summed E-state index contributed by atoms with van der Waals surface area (Å²) in [5, 5.41) is 0. The quantitative estimate of drug-likeness (QED) is 0.665. The Balaban J connectivity index is 1.87. The van der Waals surface area contributed by atoms with Crippen LogP contribution in [0.2, 0.25) is 0 Å². The number of rotatable bonds is 2. The van der Waals surface area contributed by atoms with E-state index in [9.17, 15) is 0 Å². The molecule has 2 aliphatic carbocycles. The van der Waals surface area contributed by atoms with E-state index < -0.39 is 0 Å². The highest BCUT2D eigenvalue weighted by Gasteiger charge is 2.56. The second kappa shape index (κ2) is 3.23. The summed E-state index contributed by atoms with van der Waals surface area (Å²) in [6, 6.07) is 10.7. The molecule has 2 saturated carbocycles. The fourth-order valence-corrected chi connectivity index (χ4v) is 3.34. The van der Waals surface area contributed by atoms with Crippen molar-refractivity contribution in [1.82, 2.24) is 0 Å². The van der Waals surface area contributed by atoms with Crippen molar-refractivity contribution in [2.45, 2.75) is 32.1 Å². The maximum Gasteiger partial charge on any atom is -0.00154 e. The van der Waals surface area contributed by atoms with Crippen molar-refractivity contribution >= 4 is 5.57 Å². The zero-order chi connectivity index (χ0) is 10.3. The molecule has 0 N–H and O–H groups in total. The predicted molar refractivity (Wildman–Crippen MR) is 64.5 cm³/mol. The highest BCUT2D eigenvalue weighted by atomic mass is 14.6. The maximum absolute atomic E-state index is 4.36. The summed E-state index contributed by atoms with van der Waals surface area (Å²) in [6.07, 6.45) is 7.06. The molecule has 0 nitrogen and oxygen atoms in total. The third-order valence-corrected chi connectivity index (χ3v) is 4.38. The Hall–Kier alpha value is -1.04. The van der Waals surface area contributed by atoms with Crippen LogP contribution in [0.25, 0.3) is 5.57 Å². The van der Waals surface area contributed by atoms with E-state index in [2.05, 4.69) is 36.9 Å². The van der Waals surface area contributed by atoms with E-state index in [1.165, 1.54) is 43.2 Å². The van der Waals surface area contributed by atoms with Gasteiger partial charge in [0.25, 0.3) is 0 Å². The Labute approximate surface area is 92.0 Å². The minimum atomic E-state index is 0.513. The molecule has 3 rings (SSSR count). The van der Waals surface area contributed by atoms with E-state index >= 15 is 0 Å². The van der Waals surface area contributed by atoms with Gasteiger partial charge in [-0.15, -0.1) is 0 Å². The number of allylic oxidation sites excluding steroid dienone is 1. The fraction of sp³-hybridized carbons (Fsp3) is 0.467. The first kappa shape index (κ1) is 9.21. The highest BCUT2D eigenvalue weighted by molar-refractivity contribution is 5.71. The average molecular weight is 198 g/mol. The largest absolute Gasteiger partial charge is 0.0947 e. The molecule has 2 aliphatic rings. The third kappa shape index (κ3) is 1.35. The molecule has 78 valence electrons. The summed E-state index contributed by atoms with van der Waals surface area (Å²) in [4.78, 5) is 0. The lowest BCUT2D eigenvalue weighted by molar-refractivity contribution is 0.415.